The molecule has 8 heteroatoms. The van der Waals surface area contributed by atoms with Crippen molar-refractivity contribution in [3.05, 3.63) is 23.6 Å². The van der Waals surface area contributed by atoms with E-state index in [1.54, 1.807) is 0 Å². The van der Waals surface area contributed by atoms with Crippen LogP contribution in [0.2, 0.25) is 0 Å². The zero-order valence-corrected chi connectivity index (χ0v) is 13.6. The second kappa shape index (κ2) is 7.44. The second-order valence-corrected chi connectivity index (χ2v) is 5.37. The van der Waals surface area contributed by atoms with Crippen LogP contribution in [-0.2, 0) is 4.79 Å². The topological polar surface area (TPSA) is 72.5 Å². The number of rotatable bonds is 5. The maximum absolute atomic E-state index is 11.6. The van der Waals surface area contributed by atoms with Gasteiger partial charge in [0, 0.05) is 23.9 Å². The van der Waals surface area contributed by atoms with Crippen molar-refractivity contribution in [1.82, 2.24) is 10.3 Å². The van der Waals surface area contributed by atoms with Crippen LogP contribution in [0.4, 0.5) is 5.13 Å². The van der Waals surface area contributed by atoms with Crippen molar-refractivity contribution in [1.29, 1.82) is 0 Å². The Bertz CT molecular complexity index is 663. The van der Waals surface area contributed by atoms with Crippen LogP contribution in [0, 0.1) is 0 Å². The Morgan fingerprint density at radius 3 is 3.00 bits per heavy atom. The summed E-state index contributed by atoms with van der Waals surface area (Å²) in [5.41, 5.74) is 1.74. The molecule has 1 aliphatic heterocycles. The molecule has 0 saturated carbocycles. The summed E-state index contributed by atoms with van der Waals surface area (Å²) in [7, 11) is 1.81. The number of nitrogens with zero attached hydrogens (tertiary/aromatic N) is 1. The van der Waals surface area contributed by atoms with Crippen molar-refractivity contribution in [3.8, 4) is 22.8 Å². The van der Waals surface area contributed by atoms with Crippen LogP contribution in [0.25, 0.3) is 11.3 Å². The van der Waals surface area contributed by atoms with Gasteiger partial charge in [-0.1, -0.05) is 0 Å². The summed E-state index contributed by atoms with van der Waals surface area (Å²) < 4.78 is 10.6. The first-order valence-corrected chi connectivity index (χ1v) is 7.44. The van der Waals surface area contributed by atoms with E-state index in [0.717, 1.165) is 22.8 Å². The fraction of sp³-hybridized carbons (Fsp3) is 0.286. The highest BCUT2D eigenvalue weighted by atomic mass is 35.5. The van der Waals surface area contributed by atoms with E-state index in [2.05, 4.69) is 15.6 Å². The molecule has 0 radical (unpaired) electrons. The minimum Gasteiger partial charge on any atom is -0.454 e. The molecule has 2 heterocycles. The molecule has 1 aromatic carbocycles. The first kappa shape index (κ1) is 16.5. The van der Waals surface area contributed by atoms with E-state index in [1.807, 2.05) is 30.6 Å². The number of carbonyl (C=O) groups is 1. The van der Waals surface area contributed by atoms with E-state index in [0.29, 0.717) is 18.1 Å². The van der Waals surface area contributed by atoms with Crippen molar-refractivity contribution < 1.29 is 14.3 Å². The average molecular weight is 342 g/mol. The highest BCUT2D eigenvalue weighted by Gasteiger charge is 2.15. The van der Waals surface area contributed by atoms with Crippen LogP contribution in [0.15, 0.2) is 23.6 Å². The number of benzene rings is 1. The van der Waals surface area contributed by atoms with E-state index in [1.165, 1.54) is 11.3 Å². The third kappa shape index (κ3) is 3.68. The molecule has 0 fully saturated rings. The number of halogens is 1. The molecule has 1 aliphatic rings. The Labute approximate surface area is 138 Å². The predicted octanol–water partition coefficient (Wildman–Crippen LogP) is 2.51. The molecule has 22 heavy (non-hydrogen) atoms. The van der Waals surface area contributed by atoms with Gasteiger partial charge in [0.25, 0.3) is 0 Å². The Hall–Kier alpha value is -1.83. The summed E-state index contributed by atoms with van der Waals surface area (Å²) in [5.74, 6) is 1.42. The molecular weight excluding hydrogens is 326 g/mol. The Balaban J connectivity index is 0.00000176. The maximum Gasteiger partial charge on any atom is 0.231 e. The van der Waals surface area contributed by atoms with E-state index >= 15 is 0 Å². The first-order chi connectivity index (χ1) is 10.3. The third-order valence-electron chi connectivity index (χ3n) is 3.02. The zero-order chi connectivity index (χ0) is 14.7. The standard InChI is InChI=1S/C14H15N3O3S.ClH/c1-15-5-4-13(18)17-14-16-10(7-21-14)9-2-3-11-12(6-9)20-8-19-11;/h2-3,6-7,15H,4-5,8H2,1H3,(H,16,17,18);1H. The summed E-state index contributed by atoms with van der Waals surface area (Å²) in [6.07, 6.45) is 0.426. The normalized spacial score (nSPS) is 11.9. The SMILES string of the molecule is CNCCC(=O)Nc1nc(-c2ccc3c(c2)OCO3)cs1.Cl. The number of thiazole rings is 1. The first-order valence-electron chi connectivity index (χ1n) is 6.56. The van der Waals surface area contributed by atoms with Gasteiger partial charge in [-0.2, -0.15) is 0 Å². The highest BCUT2D eigenvalue weighted by Crippen LogP contribution is 2.36. The monoisotopic (exact) mass is 341 g/mol. The predicted molar refractivity (Wildman–Crippen MR) is 88.1 cm³/mol. The fourth-order valence-electron chi connectivity index (χ4n) is 1.94. The lowest BCUT2D eigenvalue weighted by Crippen LogP contribution is -2.18. The number of hydrogen-bond acceptors (Lipinski definition) is 6. The summed E-state index contributed by atoms with van der Waals surface area (Å²) >= 11 is 1.40. The lowest BCUT2D eigenvalue weighted by Gasteiger charge is -2.01. The molecule has 2 N–H and O–H groups in total. The molecule has 0 bridgehead atoms. The van der Waals surface area contributed by atoms with Crippen molar-refractivity contribution in [2.24, 2.45) is 0 Å². The van der Waals surface area contributed by atoms with Crippen molar-refractivity contribution in [2.45, 2.75) is 6.42 Å². The van der Waals surface area contributed by atoms with Gasteiger partial charge in [-0.15, -0.1) is 23.7 Å². The van der Waals surface area contributed by atoms with E-state index < -0.39 is 0 Å². The second-order valence-electron chi connectivity index (χ2n) is 4.51. The molecular formula is C14H16ClN3O3S. The minimum atomic E-state index is -0.0454. The molecule has 6 nitrogen and oxygen atoms in total. The molecule has 2 aromatic rings. The van der Waals surface area contributed by atoms with Gasteiger partial charge in [0.1, 0.15) is 0 Å². The number of amides is 1. The van der Waals surface area contributed by atoms with Gasteiger partial charge in [-0.05, 0) is 25.2 Å². The Morgan fingerprint density at radius 1 is 1.36 bits per heavy atom. The van der Waals surface area contributed by atoms with Gasteiger partial charge in [0.15, 0.2) is 16.6 Å². The molecule has 0 spiro atoms. The number of anilines is 1. The number of ether oxygens (including phenoxy) is 2. The molecule has 118 valence electrons. The van der Waals surface area contributed by atoms with E-state index in [-0.39, 0.29) is 25.1 Å². The van der Waals surface area contributed by atoms with Crippen LogP contribution < -0.4 is 20.1 Å². The average Bonchev–Trinajstić information content (AvgIpc) is 3.12. The van der Waals surface area contributed by atoms with E-state index in [4.69, 9.17) is 9.47 Å². The van der Waals surface area contributed by atoms with Crippen LogP contribution in [0.3, 0.4) is 0 Å². The van der Waals surface area contributed by atoms with Gasteiger partial charge in [-0.25, -0.2) is 4.98 Å². The molecule has 0 unspecified atom stereocenters. The molecule has 0 saturated heterocycles. The van der Waals surface area contributed by atoms with Crippen LogP contribution in [0.1, 0.15) is 6.42 Å². The maximum atomic E-state index is 11.6. The summed E-state index contributed by atoms with van der Waals surface area (Å²) in [5, 5.41) is 8.24. The lowest BCUT2D eigenvalue weighted by molar-refractivity contribution is -0.116. The zero-order valence-electron chi connectivity index (χ0n) is 11.9. The van der Waals surface area contributed by atoms with Crippen molar-refractivity contribution in [3.63, 3.8) is 0 Å². The Morgan fingerprint density at radius 2 is 2.18 bits per heavy atom. The number of carbonyl (C=O) groups excluding carboxylic acids is 1. The molecule has 1 amide bonds. The van der Waals surface area contributed by atoms with Gasteiger partial charge >= 0.3 is 0 Å². The fourth-order valence-corrected chi connectivity index (χ4v) is 2.68. The number of fused-ring (bicyclic) bond motifs is 1. The molecule has 0 aliphatic carbocycles. The third-order valence-corrected chi connectivity index (χ3v) is 3.78. The molecule has 3 rings (SSSR count). The summed E-state index contributed by atoms with van der Waals surface area (Å²) in [6.45, 7) is 0.898. The number of hydrogen-bond donors (Lipinski definition) is 2. The largest absolute Gasteiger partial charge is 0.454 e. The number of aromatic nitrogens is 1. The van der Waals surface area contributed by atoms with Gasteiger partial charge < -0.3 is 20.1 Å². The van der Waals surface area contributed by atoms with Crippen molar-refractivity contribution in [2.75, 3.05) is 25.7 Å². The van der Waals surface area contributed by atoms with Gasteiger partial charge in [0.05, 0.1) is 5.69 Å². The van der Waals surface area contributed by atoms with Crippen molar-refractivity contribution >= 4 is 34.8 Å². The van der Waals surface area contributed by atoms with E-state index in [9.17, 15) is 4.79 Å². The molecule has 0 atom stereocenters. The molecule has 1 aromatic heterocycles. The quantitative estimate of drug-likeness (QED) is 0.874. The Kier molecular flexibility index (Phi) is 5.59. The van der Waals surface area contributed by atoms with Crippen LogP contribution >= 0.6 is 23.7 Å². The van der Waals surface area contributed by atoms with Gasteiger partial charge in [0.2, 0.25) is 12.7 Å². The van der Waals surface area contributed by atoms with Crippen LogP contribution in [0.5, 0.6) is 11.5 Å². The van der Waals surface area contributed by atoms with Gasteiger partial charge in [-0.3, -0.25) is 4.79 Å². The number of nitrogens with one attached hydrogen (secondary N) is 2. The van der Waals surface area contributed by atoms with Crippen LogP contribution in [-0.4, -0.2) is 31.3 Å². The highest BCUT2D eigenvalue weighted by molar-refractivity contribution is 7.14. The summed E-state index contributed by atoms with van der Waals surface area (Å²) in [6, 6.07) is 5.68. The lowest BCUT2D eigenvalue weighted by atomic mass is 10.1. The summed E-state index contributed by atoms with van der Waals surface area (Å²) in [4.78, 5) is 16.1. The minimum absolute atomic E-state index is 0. The smallest absolute Gasteiger partial charge is 0.231 e.